The predicted octanol–water partition coefficient (Wildman–Crippen LogP) is 20.9. The van der Waals surface area contributed by atoms with E-state index in [-0.39, 0.29) is 23.7 Å². The highest BCUT2D eigenvalue weighted by Gasteiger charge is 2.35. The number of hydrogen-bond donors (Lipinski definition) is 0. The third kappa shape index (κ3) is 14.9. The second kappa shape index (κ2) is 29.3. The van der Waals surface area contributed by atoms with Gasteiger partial charge in [0.2, 0.25) is 0 Å². The summed E-state index contributed by atoms with van der Waals surface area (Å²) < 4.78 is 0. The van der Waals surface area contributed by atoms with Gasteiger partial charge in [0.25, 0.3) is 0 Å². The van der Waals surface area contributed by atoms with Crippen molar-refractivity contribution in [2.24, 2.45) is 23.7 Å². The van der Waals surface area contributed by atoms with E-state index in [1.165, 1.54) is 83.9 Å². The number of anilines is 4. The van der Waals surface area contributed by atoms with E-state index in [2.05, 4.69) is 331 Å². The molecule has 0 bridgehead atoms. The van der Waals surface area contributed by atoms with Crippen LogP contribution in [0.15, 0.2) is 249 Å². The molecule has 0 aromatic heterocycles. The lowest BCUT2D eigenvalue weighted by molar-refractivity contribution is 0.535. The molecule has 1 aliphatic rings. The first-order valence-corrected chi connectivity index (χ1v) is 32.3. The van der Waals surface area contributed by atoms with Crippen molar-refractivity contribution in [2.45, 2.75) is 112 Å². The van der Waals surface area contributed by atoms with Crippen molar-refractivity contribution < 1.29 is 0 Å². The summed E-state index contributed by atoms with van der Waals surface area (Å²) >= 11 is 0. The van der Waals surface area contributed by atoms with Gasteiger partial charge in [0.1, 0.15) is 0 Å². The van der Waals surface area contributed by atoms with Gasteiger partial charge in [-0.3, -0.25) is 0 Å². The van der Waals surface area contributed by atoms with Gasteiger partial charge < -0.3 is 19.6 Å². The predicted molar refractivity (Wildman–Crippen MR) is 370 cm³/mol. The number of rotatable bonds is 27. The zero-order valence-electron chi connectivity index (χ0n) is 52.9. The molecule has 1 unspecified atom stereocenters. The molecule has 10 rings (SSSR count). The number of hydrogen-bond acceptors (Lipinski definition) is 4. The molecule has 0 saturated heterocycles. The normalized spacial score (nSPS) is 12.9. The molecule has 0 radical (unpaired) electrons. The van der Waals surface area contributed by atoms with Crippen LogP contribution in [-0.4, -0.2) is 32.8 Å². The van der Waals surface area contributed by atoms with Crippen molar-refractivity contribution in [3.63, 3.8) is 0 Å². The molecule has 442 valence electrons. The van der Waals surface area contributed by atoms with Crippen LogP contribution in [0.4, 0.5) is 22.7 Å². The van der Waals surface area contributed by atoms with Crippen LogP contribution < -0.4 is 19.6 Å². The van der Waals surface area contributed by atoms with Crippen molar-refractivity contribution in [3.8, 4) is 0 Å². The Morgan fingerprint density at radius 1 is 0.291 bits per heavy atom. The second-order valence-electron chi connectivity index (χ2n) is 25.9. The molecule has 0 saturated carbocycles. The fourth-order valence-electron chi connectivity index (χ4n) is 12.9. The van der Waals surface area contributed by atoms with E-state index in [1.807, 2.05) is 0 Å². The molecule has 1 heterocycles. The maximum absolute atomic E-state index is 2.73. The van der Waals surface area contributed by atoms with Crippen LogP contribution in [0.1, 0.15) is 173 Å². The smallest absolute Gasteiger partial charge is 0.0989 e. The van der Waals surface area contributed by atoms with E-state index in [9.17, 15) is 0 Å². The lowest BCUT2D eigenvalue weighted by atomic mass is 9.78. The van der Waals surface area contributed by atoms with Crippen molar-refractivity contribution in [1.29, 1.82) is 0 Å². The van der Waals surface area contributed by atoms with Crippen molar-refractivity contribution >= 4 is 22.7 Å². The van der Waals surface area contributed by atoms with E-state index in [0.29, 0.717) is 30.3 Å². The Balaban J connectivity index is 1.28. The standard InChI is InChI=1S/C82H94N4/c1-60(2)45-49-83(50-46-61(3)4)72-55-74(64(9)65-31-17-10-18-32-65)81(75(56-72)78(66-33-19-11-20-34-66)67-35-21-12-22-36-67)85-53-54-86(59-85)82-76(79(68-37-23-13-24-38-68)69-39-25-14-26-40-69)57-73(84(51-47-62(5)6)52-48-63(7)8)58-77(82)80(70-41-27-15-28-42-70)71-43-29-16-30-44-71/h10-44,53-58,60-64,78-80H,45-52,59H2,1-9H3. The van der Waals surface area contributed by atoms with Gasteiger partial charge in [0, 0.05) is 73.6 Å². The largest absolute Gasteiger partial charge is 0.371 e. The molecular weight excluding hydrogens is 1040 g/mol. The van der Waals surface area contributed by atoms with E-state index < -0.39 is 0 Å². The Hall–Kier alpha value is -8.08. The Morgan fingerprint density at radius 2 is 0.512 bits per heavy atom. The minimum atomic E-state index is -0.0792. The number of benzene rings is 9. The van der Waals surface area contributed by atoms with Crippen LogP contribution in [0.3, 0.4) is 0 Å². The Bertz CT molecular complexity index is 3260. The zero-order chi connectivity index (χ0) is 59.9. The molecule has 9 aromatic carbocycles. The number of nitrogens with zero attached hydrogens (tertiary/aromatic N) is 4. The van der Waals surface area contributed by atoms with E-state index in [0.717, 1.165) is 51.9 Å². The quantitative estimate of drug-likeness (QED) is 0.0476. The van der Waals surface area contributed by atoms with Gasteiger partial charge in [-0.1, -0.05) is 275 Å². The maximum Gasteiger partial charge on any atom is 0.0989 e. The van der Waals surface area contributed by atoms with Crippen LogP contribution in [0.25, 0.3) is 0 Å². The molecule has 4 nitrogen and oxygen atoms in total. The van der Waals surface area contributed by atoms with Crippen molar-refractivity contribution in [1.82, 2.24) is 0 Å². The Morgan fingerprint density at radius 3 is 0.756 bits per heavy atom. The summed E-state index contributed by atoms with van der Waals surface area (Å²) in [5.74, 6) is 2.16. The van der Waals surface area contributed by atoms with Gasteiger partial charge in [-0.25, -0.2) is 0 Å². The summed E-state index contributed by atoms with van der Waals surface area (Å²) in [7, 11) is 0. The summed E-state index contributed by atoms with van der Waals surface area (Å²) in [4.78, 5) is 10.7. The fraction of sp³-hybridized carbons (Fsp3) is 0.317. The highest BCUT2D eigenvalue weighted by Crippen LogP contribution is 2.51. The van der Waals surface area contributed by atoms with Crippen molar-refractivity contribution in [3.05, 3.63) is 310 Å². The average Bonchev–Trinajstić information content (AvgIpc) is 1.93. The molecule has 86 heavy (non-hydrogen) atoms. The molecule has 4 heteroatoms. The van der Waals surface area contributed by atoms with Crippen LogP contribution in [0.5, 0.6) is 0 Å². The fourth-order valence-corrected chi connectivity index (χ4v) is 12.9. The summed E-state index contributed by atoms with van der Waals surface area (Å²) in [6, 6.07) is 89.6. The van der Waals surface area contributed by atoms with Gasteiger partial charge in [-0.15, -0.1) is 0 Å². The van der Waals surface area contributed by atoms with Gasteiger partial charge in [0.05, 0.1) is 18.0 Å². The zero-order valence-corrected chi connectivity index (χ0v) is 52.9. The van der Waals surface area contributed by atoms with Gasteiger partial charge in [-0.05, 0) is 135 Å². The molecular formula is C82H94N4. The van der Waals surface area contributed by atoms with E-state index in [4.69, 9.17) is 0 Å². The third-order valence-corrected chi connectivity index (χ3v) is 17.7. The molecule has 0 fully saturated rings. The third-order valence-electron chi connectivity index (χ3n) is 17.7. The summed E-state index contributed by atoms with van der Waals surface area (Å²) in [6.07, 6.45) is 9.31. The van der Waals surface area contributed by atoms with Crippen molar-refractivity contribution in [2.75, 3.05) is 52.4 Å². The van der Waals surface area contributed by atoms with Gasteiger partial charge >= 0.3 is 0 Å². The summed E-state index contributed by atoms with van der Waals surface area (Å²) in [5.41, 5.74) is 19.4. The van der Waals surface area contributed by atoms with Gasteiger partial charge in [0.15, 0.2) is 0 Å². The first-order chi connectivity index (χ1) is 41.9. The minimum Gasteiger partial charge on any atom is -0.371 e. The average molecular weight is 1140 g/mol. The van der Waals surface area contributed by atoms with Crippen LogP contribution in [0.2, 0.25) is 0 Å². The summed E-state index contributed by atoms with van der Waals surface area (Å²) in [6.45, 7) is 26.0. The SMILES string of the molecule is CC(C)CCN(CCC(C)C)c1cc(C(C)c2ccccc2)c(N2C=CN(c3c(C(c4ccccc4)c4ccccc4)cc(N(CCC(C)C)CCC(C)C)cc3C(c3ccccc3)c3ccccc3)C2)c(C(c2ccccc2)c2ccccc2)c1. The first kappa shape index (κ1) is 61.0. The van der Waals surface area contributed by atoms with Crippen LogP contribution in [0, 0.1) is 23.7 Å². The maximum atomic E-state index is 2.73. The Labute approximate surface area is 517 Å². The molecule has 0 spiro atoms. The molecule has 0 aliphatic carbocycles. The molecule has 0 N–H and O–H groups in total. The lowest BCUT2D eigenvalue weighted by Crippen LogP contribution is -2.31. The second-order valence-corrected chi connectivity index (χ2v) is 25.9. The molecule has 1 aliphatic heterocycles. The topological polar surface area (TPSA) is 13.0 Å². The van der Waals surface area contributed by atoms with E-state index in [1.54, 1.807) is 0 Å². The highest BCUT2D eigenvalue weighted by molar-refractivity contribution is 5.79. The highest BCUT2D eigenvalue weighted by atomic mass is 15.3. The molecule has 0 amide bonds. The molecule has 9 aromatic rings. The monoisotopic (exact) mass is 1130 g/mol. The molecule has 1 atom stereocenters. The summed E-state index contributed by atoms with van der Waals surface area (Å²) in [5, 5.41) is 0. The van der Waals surface area contributed by atoms with E-state index >= 15 is 0 Å². The first-order valence-electron chi connectivity index (χ1n) is 32.3. The Kier molecular flexibility index (Phi) is 20.8. The van der Waals surface area contributed by atoms with Gasteiger partial charge in [-0.2, -0.15) is 0 Å². The lowest BCUT2D eigenvalue weighted by Gasteiger charge is -2.37. The van der Waals surface area contributed by atoms with Crippen LogP contribution >= 0.6 is 0 Å². The minimum absolute atomic E-state index is 0.0530. The van der Waals surface area contributed by atoms with Crippen LogP contribution in [-0.2, 0) is 0 Å².